The molecule has 1 N–H and O–H groups in total. The van der Waals surface area contributed by atoms with Gasteiger partial charge in [0.1, 0.15) is 0 Å². The van der Waals surface area contributed by atoms with E-state index in [1.807, 2.05) is 0 Å². The van der Waals surface area contributed by atoms with Crippen molar-refractivity contribution in [2.24, 2.45) is 11.8 Å². The number of nitrogens with zero attached hydrogens (tertiary/aromatic N) is 1. The van der Waals surface area contributed by atoms with Gasteiger partial charge in [-0.1, -0.05) is 33.1 Å². The van der Waals surface area contributed by atoms with Crippen LogP contribution in [-0.2, 0) is 0 Å². The standard InChI is InChI=1S/C17H34N2/c1-3-15-6-5-7-17(9-8-15)19(4-2)14-16-10-12-18-13-11-16/h15-18H,3-14H2,1-2H3. The highest BCUT2D eigenvalue weighted by atomic mass is 15.2. The van der Waals surface area contributed by atoms with Gasteiger partial charge in [-0.05, 0) is 63.6 Å². The maximum Gasteiger partial charge on any atom is 0.00953 e. The van der Waals surface area contributed by atoms with E-state index in [1.54, 1.807) is 0 Å². The van der Waals surface area contributed by atoms with Crippen LogP contribution in [-0.4, -0.2) is 37.1 Å². The van der Waals surface area contributed by atoms with Crippen molar-refractivity contribution in [1.29, 1.82) is 0 Å². The Balaban J connectivity index is 1.82. The van der Waals surface area contributed by atoms with Gasteiger partial charge in [0.15, 0.2) is 0 Å². The van der Waals surface area contributed by atoms with Crippen molar-refractivity contribution in [3.05, 3.63) is 0 Å². The van der Waals surface area contributed by atoms with Crippen molar-refractivity contribution in [3.63, 3.8) is 0 Å². The Morgan fingerprint density at radius 2 is 1.68 bits per heavy atom. The van der Waals surface area contributed by atoms with E-state index < -0.39 is 0 Å². The number of piperidine rings is 1. The zero-order valence-electron chi connectivity index (χ0n) is 13.2. The summed E-state index contributed by atoms with van der Waals surface area (Å²) < 4.78 is 0. The maximum atomic E-state index is 3.49. The van der Waals surface area contributed by atoms with Crippen LogP contribution in [0.3, 0.4) is 0 Å². The fourth-order valence-corrected chi connectivity index (χ4v) is 4.06. The quantitative estimate of drug-likeness (QED) is 0.764. The monoisotopic (exact) mass is 266 g/mol. The van der Waals surface area contributed by atoms with Gasteiger partial charge in [0.2, 0.25) is 0 Å². The minimum atomic E-state index is 0.886. The number of nitrogens with one attached hydrogen (secondary N) is 1. The molecule has 0 radical (unpaired) electrons. The first kappa shape index (κ1) is 15.3. The molecule has 2 heteroatoms. The number of hydrogen-bond acceptors (Lipinski definition) is 2. The molecule has 1 saturated carbocycles. The second kappa shape index (κ2) is 8.26. The van der Waals surface area contributed by atoms with Crippen molar-refractivity contribution in [2.75, 3.05) is 26.2 Å². The Morgan fingerprint density at radius 1 is 0.895 bits per heavy atom. The van der Waals surface area contributed by atoms with Gasteiger partial charge < -0.3 is 10.2 Å². The second-order valence-corrected chi connectivity index (χ2v) is 6.72. The lowest BCUT2D eigenvalue weighted by molar-refractivity contribution is 0.145. The molecular formula is C17H34N2. The van der Waals surface area contributed by atoms with E-state index in [-0.39, 0.29) is 0 Å². The van der Waals surface area contributed by atoms with Crippen LogP contribution in [0.2, 0.25) is 0 Å². The van der Waals surface area contributed by atoms with E-state index >= 15 is 0 Å². The molecule has 112 valence electrons. The summed E-state index contributed by atoms with van der Waals surface area (Å²) in [5.41, 5.74) is 0. The summed E-state index contributed by atoms with van der Waals surface area (Å²) >= 11 is 0. The zero-order valence-corrected chi connectivity index (χ0v) is 13.2. The van der Waals surface area contributed by atoms with Crippen LogP contribution in [0.4, 0.5) is 0 Å². The number of hydrogen-bond donors (Lipinski definition) is 1. The van der Waals surface area contributed by atoms with Crippen LogP contribution >= 0.6 is 0 Å². The van der Waals surface area contributed by atoms with Crippen LogP contribution < -0.4 is 5.32 Å². The van der Waals surface area contributed by atoms with Crippen LogP contribution in [0, 0.1) is 11.8 Å². The Labute approximate surface area is 120 Å². The highest BCUT2D eigenvalue weighted by molar-refractivity contribution is 4.80. The zero-order chi connectivity index (χ0) is 13.5. The van der Waals surface area contributed by atoms with Crippen LogP contribution in [0.1, 0.15) is 65.2 Å². The minimum Gasteiger partial charge on any atom is -0.317 e. The molecule has 0 spiro atoms. The molecule has 1 saturated heterocycles. The van der Waals surface area contributed by atoms with Gasteiger partial charge in [0.25, 0.3) is 0 Å². The Hall–Kier alpha value is -0.0800. The molecule has 1 heterocycles. The molecule has 1 aliphatic heterocycles. The molecule has 0 aromatic rings. The first-order chi connectivity index (χ1) is 9.33. The smallest absolute Gasteiger partial charge is 0.00953 e. The molecule has 2 fully saturated rings. The van der Waals surface area contributed by atoms with Gasteiger partial charge in [-0.15, -0.1) is 0 Å². The molecule has 1 aliphatic carbocycles. The fraction of sp³-hybridized carbons (Fsp3) is 1.00. The van der Waals surface area contributed by atoms with Gasteiger partial charge in [-0.2, -0.15) is 0 Å². The van der Waals surface area contributed by atoms with E-state index in [0.29, 0.717) is 0 Å². The summed E-state index contributed by atoms with van der Waals surface area (Å²) in [6.07, 6.45) is 11.5. The summed E-state index contributed by atoms with van der Waals surface area (Å²) in [6.45, 7) is 9.83. The summed E-state index contributed by atoms with van der Waals surface area (Å²) in [6, 6.07) is 0.886. The van der Waals surface area contributed by atoms with Crippen molar-refractivity contribution >= 4 is 0 Å². The maximum absolute atomic E-state index is 3.49. The first-order valence-electron chi connectivity index (χ1n) is 8.78. The average Bonchev–Trinajstić information content (AvgIpc) is 2.71. The molecule has 0 amide bonds. The predicted octanol–water partition coefficient (Wildman–Crippen LogP) is 3.67. The third kappa shape index (κ3) is 4.75. The highest BCUT2D eigenvalue weighted by Gasteiger charge is 2.24. The van der Waals surface area contributed by atoms with Crippen LogP contribution in [0.25, 0.3) is 0 Å². The van der Waals surface area contributed by atoms with E-state index in [9.17, 15) is 0 Å². The molecule has 2 aliphatic rings. The van der Waals surface area contributed by atoms with Gasteiger partial charge in [0.05, 0.1) is 0 Å². The SMILES string of the molecule is CCC1CCCC(N(CC)CC2CCNCC2)CC1. The van der Waals surface area contributed by atoms with E-state index in [4.69, 9.17) is 0 Å². The molecule has 2 atom stereocenters. The molecule has 2 nitrogen and oxygen atoms in total. The third-order valence-corrected chi connectivity index (χ3v) is 5.51. The Bertz CT molecular complexity index is 235. The van der Waals surface area contributed by atoms with Crippen LogP contribution in [0.15, 0.2) is 0 Å². The second-order valence-electron chi connectivity index (χ2n) is 6.72. The lowest BCUT2D eigenvalue weighted by Gasteiger charge is -2.35. The Kier molecular flexibility index (Phi) is 6.66. The lowest BCUT2D eigenvalue weighted by atomic mass is 9.95. The van der Waals surface area contributed by atoms with E-state index in [0.717, 1.165) is 17.9 Å². The van der Waals surface area contributed by atoms with Gasteiger partial charge in [0, 0.05) is 12.6 Å². The predicted molar refractivity (Wildman–Crippen MR) is 83.5 cm³/mol. The van der Waals surface area contributed by atoms with Crippen molar-refractivity contribution in [3.8, 4) is 0 Å². The molecule has 0 bridgehead atoms. The summed E-state index contributed by atoms with van der Waals surface area (Å²) in [4.78, 5) is 2.81. The van der Waals surface area contributed by atoms with Crippen molar-refractivity contribution < 1.29 is 0 Å². The van der Waals surface area contributed by atoms with Gasteiger partial charge >= 0.3 is 0 Å². The minimum absolute atomic E-state index is 0.886. The largest absolute Gasteiger partial charge is 0.317 e. The molecule has 2 unspecified atom stereocenters. The van der Waals surface area contributed by atoms with E-state index in [2.05, 4.69) is 24.1 Å². The topological polar surface area (TPSA) is 15.3 Å². The summed E-state index contributed by atoms with van der Waals surface area (Å²) in [7, 11) is 0. The Morgan fingerprint density at radius 3 is 2.37 bits per heavy atom. The van der Waals surface area contributed by atoms with Crippen LogP contribution in [0.5, 0.6) is 0 Å². The van der Waals surface area contributed by atoms with Crippen molar-refractivity contribution in [1.82, 2.24) is 10.2 Å². The van der Waals surface area contributed by atoms with Crippen molar-refractivity contribution in [2.45, 2.75) is 71.3 Å². The third-order valence-electron chi connectivity index (χ3n) is 5.51. The highest BCUT2D eigenvalue weighted by Crippen LogP contribution is 2.29. The fourth-order valence-electron chi connectivity index (χ4n) is 4.06. The normalized spacial score (nSPS) is 30.5. The summed E-state index contributed by atoms with van der Waals surface area (Å²) in [5, 5.41) is 3.49. The van der Waals surface area contributed by atoms with E-state index in [1.165, 1.54) is 77.5 Å². The average molecular weight is 266 g/mol. The van der Waals surface area contributed by atoms with Gasteiger partial charge in [-0.25, -0.2) is 0 Å². The summed E-state index contributed by atoms with van der Waals surface area (Å²) in [5.74, 6) is 1.97. The molecule has 2 rings (SSSR count). The van der Waals surface area contributed by atoms with Gasteiger partial charge in [-0.3, -0.25) is 0 Å². The first-order valence-corrected chi connectivity index (χ1v) is 8.78. The lowest BCUT2D eigenvalue weighted by Crippen LogP contribution is -2.41. The molecule has 0 aromatic carbocycles. The molecule has 0 aromatic heterocycles. The molecular weight excluding hydrogens is 232 g/mol. The number of rotatable bonds is 5. The molecule has 19 heavy (non-hydrogen) atoms.